The summed E-state index contributed by atoms with van der Waals surface area (Å²) < 4.78 is 11.6. The fourth-order valence-electron chi connectivity index (χ4n) is 3.55. The molecule has 0 atom stereocenters. The van der Waals surface area contributed by atoms with Crippen molar-refractivity contribution in [3.05, 3.63) is 64.0 Å². The van der Waals surface area contributed by atoms with Gasteiger partial charge >= 0.3 is 0 Å². The highest BCUT2D eigenvalue weighted by atomic mass is 32.1. The van der Waals surface area contributed by atoms with Gasteiger partial charge in [0.1, 0.15) is 11.5 Å². The van der Waals surface area contributed by atoms with E-state index < -0.39 is 0 Å². The highest BCUT2D eigenvalue weighted by molar-refractivity contribution is 7.12. The standard InChI is InChI=1S/C28H35N3O2S/c1-21(2)20-30-16-15-27-28(31-22(3)34-27)24-9-13-26(14-10-24)33-18-6-4-5-17-32-25-11-7-23(19-29)8-12-25/h7-14,21,30H,4-6,15-18,20H2,1-3H3. The van der Waals surface area contributed by atoms with E-state index >= 15 is 0 Å². The first-order chi connectivity index (χ1) is 16.5. The highest BCUT2D eigenvalue weighted by Crippen LogP contribution is 2.29. The highest BCUT2D eigenvalue weighted by Gasteiger charge is 2.11. The van der Waals surface area contributed by atoms with Crippen LogP contribution in [0.1, 0.15) is 48.6 Å². The second kappa shape index (κ2) is 13.7. The number of nitrogens with zero attached hydrogens (tertiary/aromatic N) is 2. The minimum atomic E-state index is 0.647. The molecule has 0 aliphatic carbocycles. The molecule has 0 amide bonds. The van der Waals surface area contributed by atoms with E-state index in [2.05, 4.69) is 44.3 Å². The maximum absolute atomic E-state index is 8.83. The number of hydrogen-bond donors (Lipinski definition) is 1. The minimum Gasteiger partial charge on any atom is -0.494 e. The molecule has 180 valence electrons. The summed E-state index contributed by atoms with van der Waals surface area (Å²) in [5.41, 5.74) is 2.90. The Morgan fingerprint density at radius 1 is 0.941 bits per heavy atom. The van der Waals surface area contributed by atoms with E-state index in [0.717, 1.165) is 66.5 Å². The smallest absolute Gasteiger partial charge is 0.119 e. The Kier molecular flexibility index (Phi) is 10.4. The lowest BCUT2D eigenvalue weighted by molar-refractivity contribution is 0.279. The summed E-state index contributed by atoms with van der Waals surface area (Å²) in [6.07, 6.45) is 4.00. The van der Waals surface area contributed by atoms with Crippen LogP contribution in [0.5, 0.6) is 11.5 Å². The maximum atomic E-state index is 8.83. The third-order valence-corrected chi connectivity index (χ3v) is 6.35. The molecule has 0 saturated carbocycles. The molecule has 6 heteroatoms. The minimum absolute atomic E-state index is 0.647. The first-order valence-corrected chi connectivity index (χ1v) is 12.9. The van der Waals surface area contributed by atoms with Crippen LogP contribution in [0, 0.1) is 24.2 Å². The van der Waals surface area contributed by atoms with Gasteiger partial charge in [-0.2, -0.15) is 5.26 Å². The van der Waals surface area contributed by atoms with E-state index in [-0.39, 0.29) is 0 Å². The number of unbranched alkanes of at least 4 members (excludes halogenated alkanes) is 2. The third kappa shape index (κ3) is 8.48. The average molecular weight is 478 g/mol. The Bertz CT molecular complexity index is 1040. The van der Waals surface area contributed by atoms with Crippen molar-refractivity contribution in [2.24, 2.45) is 5.92 Å². The zero-order valence-electron chi connectivity index (χ0n) is 20.5. The molecule has 0 bridgehead atoms. The van der Waals surface area contributed by atoms with E-state index in [0.29, 0.717) is 24.7 Å². The summed E-state index contributed by atoms with van der Waals surface area (Å²) in [6, 6.07) is 17.6. The Morgan fingerprint density at radius 3 is 2.15 bits per heavy atom. The van der Waals surface area contributed by atoms with Gasteiger partial charge in [0.05, 0.1) is 35.5 Å². The molecule has 3 aromatic rings. The van der Waals surface area contributed by atoms with Crippen LogP contribution < -0.4 is 14.8 Å². The number of benzene rings is 2. The monoisotopic (exact) mass is 477 g/mol. The fourth-order valence-corrected chi connectivity index (χ4v) is 4.51. The third-order valence-electron chi connectivity index (χ3n) is 5.32. The Hall–Kier alpha value is -2.88. The lowest BCUT2D eigenvalue weighted by atomic mass is 10.1. The van der Waals surface area contributed by atoms with Gasteiger partial charge in [-0.05, 0) is 93.6 Å². The number of hydrogen-bond acceptors (Lipinski definition) is 6. The molecule has 1 N–H and O–H groups in total. The largest absolute Gasteiger partial charge is 0.494 e. The summed E-state index contributed by atoms with van der Waals surface area (Å²) in [5.74, 6) is 2.36. The molecule has 2 aromatic carbocycles. The topological polar surface area (TPSA) is 67.2 Å². The molecule has 0 spiro atoms. The van der Waals surface area contributed by atoms with Crippen LogP contribution in [0.3, 0.4) is 0 Å². The zero-order valence-corrected chi connectivity index (χ0v) is 21.3. The molecule has 0 saturated heterocycles. The van der Waals surface area contributed by atoms with Crippen molar-refractivity contribution < 1.29 is 9.47 Å². The fraction of sp³-hybridized carbons (Fsp3) is 0.429. The van der Waals surface area contributed by atoms with E-state index in [1.165, 1.54) is 4.88 Å². The van der Waals surface area contributed by atoms with Crippen LogP contribution in [0.4, 0.5) is 0 Å². The summed E-state index contributed by atoms with van der Waals surface area (Å²) in [5, 5.41) is 13.5. The van der Waals surface area contributed by atoms with Gasteiger partial charge in [-0.3, -0.25) is 0 Å². The van der Waals surface area contributed by atoms with Crippen LogP contribution in [-0.2, 0) is 6.42 Å². The van der Waals surface area contributed by atoms with Crippen molar-refractivity contribution >= 4 is 11.3 Å². The summed E-state index contributed by atoms with van der Waals surface area (Å²) in [7, 11) is 0. The molecule has 0 aliphatic rings. The van der Waals surface area contributed by atoms with Crippen molar-refractivity contribution in [1.82, 2.24) is 10.3 Å². The predicted octanol–water partition coefficient (Wildman–Crippen LogP) is 6.41. The van der Waals surface area contributed by atoms with Gasteiger partial charge < -0.3 is 14.8 Å². The average Bonchev–Trinajstić information content (AvgIpc) is 3.22. The van der Waals surface area contributed by atoms with Crippen molar-refractivity contribution in [2.75, 3.05) is 26.3 Å². The predicted molar refractivity (Wildman–Crippen MR) is 140 cm³/mol. The first kappa shape index (κ1) is 25.7. The Morgan fingerprint density at radius 2 is 1.56 bits per heavy atom. The van der Waals surface area contributed by atoms with Crippen molar-refractivity contribution in [2.45, 2.75) is 46.5 Å². The molecule has 1 aromatic heterocycles. The van der Waals surface area contributed by atoms with Crippen molar-refractivity contribution in [3.8, 4) is 28.8 Å². The van der Waals surface area contributed by atoms with Crippen LogP contribution >= 0.6 is 11.3 Å². The molecule has 0 fully saturated rings. The first-order valence-electron chi connectivity index (χ1n) is 12.1. The number of nitrogens with one attached hydrogen (secondary N) is 1. The molecule has 0 radical (unpaired) electrons. The molecular weight excluding hydrogens is 442 g/mol. The number of ether oxygens (including phenoxy) is 2. The second-order valence-corrected chi connectivity index (χ2v) is 10.1. The van der Waals surface area contributed by atoms with E-state index in [9.17, 15) is 0 Å². The van der Waals surface area contributed by atoms with Crippen LogP contribution in [0.2, 0.25) is 0 Å². The number of rotatable bonds is 14. The molecule has 5 nitrogen and oxygen atoms in total. The SMILES string of the molecule is Cc1nc(-c2ccc(OCCCCCOc3ccc(C#N)cc3)cc2)c(CCNCC(C)C)s1. The van der Waals surface area contributed by atoms with Gasteiger partial charge in [0.2, 0.25) is 0 Å². The van der Waals surface area contributed by atoms with Gasteiger partial charge in [0.25, 0.3) is 0 Å². The molecule has 34 heavy (non-hydrogen) atoms. The summed E-state index contributed by atoms with van der Waals surface area (Å²) in [4.78, 5) is 6.12. The number of nitriles is 1. The lowest BCUT2D eigenvalue weighted by Gasteiger charge is -2.09. The summed E-state index contributed by atoms with van der Waals surface area (Å²) in [6.45, 7) is 9.92. The maximum Gasteiger partial charge on any atom is 0.119 e. The second-order valence-electron chi connectivity index (χ2n) is 8.77. The van der Waals surface area contributed by atoms with E-state index in [1.54, 1.807) is 23.5 Å². The molecule has 3 rings (SSSR count). The van der Waals surface area contributed by atoms with E-state index in [1.807, 2.05) is 24.3 Å². The van der Waals surface area contributed by atoms with Crippen LogP contribution in [-0.4, -0.2) is 31.3 Å². The van der Waals surface area contributed by atoms with Gasteiger partial charge in [-0.25, -0.2) is 4.98 Å². The van der Waals surface area contributed by atoms with E-state index in [4.69, 9.17) is 19.7 Å². The Balaban J connectivity index is 1.36. The van der Waals surface area contributed by atoms with Crippen molar-refractivity contribution in [3.63, 3.8) is 0 Å². The number of aromatic nitrogens is 1. The Labute approximate surface area is 207 Å². The molecule has 1 heterocycles. The van der Waals surface area contributed by atoms with Crippen molar-refractivity contribution in [1.29, 1.82) is 5.26 Å². The summed E-state index contributed by atoms with van der Waals surface area (Å²) >= 11 is 1.79. The van der Waals surface area contributed by atoms with Gasteiger partial charge in [0.15, 0.2) is 0 Å². The van der Waals surface area contributed by atoms with Gasteiger partial charge in [-0.15, -0.1) is 11.3 Å². The molecule has 0 aliphatic heterocycles. The normalized spacial score (nSPS) is 10.9. The van der Waals surface area contributed by atoms with Gasteiger partial charge in [-0.1, -0.05) is 13.8 Å². The van der Waals surface area contributed by atoms with Crippen LogP contribution in [0.15, 0.2) is 48.5 Å². The van der Waals surface area contributed by atoms with Crippen LogP contribution in [0.25, 0.3) is 11.3 Å². The zero-order chi connectivity index (χ0) is 24.2. The lowest BCUT2D eigenvalue weighted by Crippen LogP contribution is -2.22. The number of aryl methyl sites for hydroxylation is 1. The number of thiazole rings is 1. The molecule has 0 unspecified atom stereocenters. The molecular formula is C28H35N3O2S. The quantitative estimate of drug-likeness (QED) is 0.272. The van der Waals surface area contributed by atoms with Gasteiger partial charge in [0, 0.05) is 17.0 Å².